The van der Waals surface area contributed by atoms with Gasteiger partial charge < -0.3 is 16.0 Å². The molecule has 0 heterocycles. The van der Waals surface area contributed by atoms with Crippen LogP contribution in [0.4, 0.5) is 16.2 Å². The van der Waals surface area contributed by atoms with Crippen LogP contribution in [0, 0.1) is 11.3 Å². The van der Waals surface area contributed by atoms with Crippen molar-refractivity contribution in [2.24, 2.45) is 0 Å². The van der Waals surface area contributed by atoms with E-state index in [1.807, 2.05) is 24.3 Å². The van der Waals surface area contributed by atoms with Crippen LogP contribution in [0.25, 0.3) is 0 Å². The molecule has 0 spiro atoms. The predicted molar refractivity (Wildman–Crippen MR) is 113 cm³/mol. The topological polar surface area (TPSA) is 94.0 Å². The van der Waals surface area contributed by atoms with Crippen molar-refractivity contribution >= 4 is 34.9 Å². The van der Waals surface area contributed by atoms with Crippen molar-refractivity contribution in [2.45, 2.75) is 6.54 Å². The summed E-state index contributed by atoms with van der Waals surface area (Å²) in [5.41, 5.74) is 2.62. The number of halogens is 1. The SMILES string of the molecule is N#Cc1cccc(NC(=O)c2cccc(NC(=O)NCc3ccccc3Cl)c2)c1. The number of benzene rings is 3. The van der Waals surface area contributed by atoms with E-state index in [1.165, 1.54) is 0 Å². The number of hydrogen-bond acceptors (Lipinski definition) is 3. The number of carbonyl (C=O) groups excluding carboxylic acids is 2. The van der Waals surface area contributed by atoms with Gasteiger partial charge in [-0.25, -0.2) is 4.79 Å². The van der Waals surface area contributed by atoms with Crippen LogP contribution in [0.15, 0.2) is 72.8 Å². The molecule has 3 rings (SSSR count). The van der Waals surface area contributed by atoms with E-state index >= 15 is 0 Å². The first kappa shape index (κ1) is 19.9. The van der Waals surface area contributed by atoms with Crippen molar-refractivity contribution in [3.05, 3.63) is 94.5 Å². The van der Waals surface area contributed by atoms with Crippen LogP contribution >= 0.6 is 11.6 Å². The third kappa shape index (κ3) is 5.58. The molecule has 29 heavy (non-hydrogen) atoms. The van der Waals surface area contributed by atoms with Gasteiger partial charge in [-0.2, -0.15) is 5.26 Å². The first-order valence-corrected chi connectivity index (χ1v) is 9.13. The van der Waals surface area contributed by atoms with E-state index in [-0.39, 0.29) is 12.5 Å². The first-order chi connectivity index (χ1) is 14.0. The minimum Gasteiger partial charge on any atom is -0.334 e. The van der Waals surface area contributed by atoms with Gasteiger partial charge in [0.1, 0.15) is 0 Å². The Kier molecular flexibility index (Phi) is 6.46. The molecule has 0 bridgehead atoms. The summed E-state index contributed by atoms with van der Waals surface area (Å²) in [6.45, 7) is 0.279. The summed E-state index contributed by atoms with van der Waals surface area (Å²) in [6.07, 6.45) is 0. The van der Waals surface area contributed by atoms with Crippen LogP contribution in [0.3, 0.4) is 0 Å². The first-order valence-electron chi connectivity index (χ1n) is 8.75. The van der Waals surface area contributed by atoms with Crippen molar-refractivity contribution in [3.8, 4) is 6.07 Å². The maximum Gasteiger partial charge on any atom is 0.319 e. The normalized spacial score (nSPS) is 9.93. The average molecular weight is 405 g/mol. The number of hydrogen-bond donors (Lipinski definition) is 3. The third-order valence-electron chi connectivity index (χ3n) is 4.03. The number of nitrogens with one attached hydrogen (secondary N) is 3. The van der Waals surface area contributed by atoms with Gasteiger partial charge in [0.2, 0.25) is 0 Å². The van der Waals surface area contributed by atoms with Gasteiger partial charge in [-0.05, 0) is 48.0 Å². The van der Waals surface area contributed by atoms with E-state index < -0.39 is 6.03 Å². The Hall–Kier alpha value is -3.82. The lowest BCUT2D eigenvalue weighted by Crippen LogP contribution is -2.28. The Balaban J connectivity index is 1.61. The predicted octanol–water partition coefficient (Wildman–Crippen LogP) is 4.79. The molecule has 0 radical (unpaired) electrons. The molecule has 6 nitrogen and oxygen atoms in total. The molecule has 3 N–H and O–H groups in total. The molecule has 0 saturated heterocycles. The lowest BCUT2D eigenvalue weighted by molar-refractivity contribution is 0.102. The smallest absolute Gasteiger partial charge is 0.319 e. The number of nitrogens with zero attached hydrogens (tertiary/aromatic N) is 1. The summed E-state index contributed by atoms with van der Waals surface area (Å²) in [5.74, 6) is -0.347. The highest BCUT2D eigenvalue weighted by molar-refractivity contribution is 6.31. The number of nitriles is 1. The van der Waals surface area contributed by atoms with Gasteiger partial charge in [-0.1, -0.05) is 41.9 Å². The summed E-state index contributed by atoms with van der Waals surface area (Å²) in [4.78, 5) is 24.6. The van der Waals surface area contributed by atoms with E-state index in [0.717, 1.165) is 5.56 Å². The Morgan fingerprint density at radius 3 is 2.38 bits per heavy atom. The Bertz CT molecular complexity index is 1090. The van der Waals surface area contributed by atoms with E-state index in [4.69, 9.17) is 16.9 Å². The molecule has 7 heteroatoms. The second-order valence-electron chi connectivity index (χ2n) is 6.13. The second kappa shape index (κ2) is 9.40. The van der Waals surface area contributed by atoms with Gasteiger partial charge in [0.25, 0.3) is 5.91 Å². The zero-order chi connectivity index (χ0) is 20.6. The van der Waals surface area contributed by atoms with E-state index in [2.05, 4.69) is 16.0 Å². The molecule has 0 aromatic heterocycles. The summed E-state index contributed by atoms with van der Waals surface area (Å²) in [5, 5.41) is 17.7. The van der Waals surface area contributed by atoms with Crippen LogP contribution in [-0.2, 0) is 6.54 Å². The zero-order valence-corrected chi connectivity index (χ0v) is 16.0. The minimum absolute atomic E-state index is 0.279. The summed E-state index contributed by atoms with van der Waals surface area (Å²) < 4.78 is 0. The largest absolute Gasteiger partial charge is 0.334 e. The molecular weight excluding hydrogens is 388 g/mol. The molecule has 0 saturated carbocycles. The lowest BCUT2D eigenvalue weighted by atomic mass is 10.1. The Morgan fingerprint density at radius 2 is 1.62 bits per heavy atom. The molecule has 0 fully saturated rings. The Morgan fingerprint density at radius 1 is 0.897 bits per heavy atom. The van der Waals surface area contributed by atoms with Crippen LogP contribution in [-0.4, -0.2) is 11.9 Å². The third-order valence-corrected chi connectivity index (χ3v) is 4.40. The van der Waals surface area contributed by atoms with Crippen LogP contribution < -0.4 is 16.0 Å². The van der Waals surface area contributed by atoms with Gasteiger partial charge in [-0.3, -0.25) is 4.79 Å². The number of carbonyl (C=O) groups is 2. The highest BCUT2D eigenvalue weighted by atomic mass is 35.5. The molecule has 0 aliphatic rings. The quantitative estimate of drug-likeness (QED) is 0.570. The average Bonchev–Trinajstić information content (AvgIpc) is 2.73. The minimum atomic E-state index is -0.413. The van der Waals surface area contributed by atoms with Gasteiger partial charge >= 0.3 is 6.03 Å². The van der Waals surface area contributed by atoms with Gasteiger partial charge in [0, 0.05) is 28.5 Å². The van der Waals surface area contributed by atoms with E-state index in [9.17, 15) is 9.59 Å². The fraction of sp³-hybridized carbons (Fsp3) is 0.0455. The highest BCUT2D eigenvalue weighted by Gasteiger charge is 2.09. The fourth-order valence-corrected chi connectivity index (χ4v) is 2.80. The van der Waals surface area contributed by atoms with Crippen LogP contribution in [0.5, 0.6) is 0 Å². The molecule has 0 atom stereocenters. The molecule has 144 valence electrons. The molecule has 3 amide bonds. The molecule has 3 aromatic carbocycles. The van der Waals surface area contributed by atoms with Crippen LogP contribution in [0.1, 0.15) is 21.5 Å². The Labute approximate surface area is 173 Å². The van der Waals surface area contributed by atoms with Crippen molar-refractivity contribution in [1.29, 1.82) is 5.26 Å². The lowest BCUT2D eigenvalue weighted by Gasteiger charge is -2.10. The summed E-state index contributed by atoms with van der Waals surface area (Å²) in [6, 6.07) is 22.0. The maximum absolute atomic E-state index is 12.5. The van der Waals surface area contributed by atoms with E-state index in [0.29, 0.717) is 27.5 Å². The highest BCUT2D eigenvalue weighted by Crippen LogP contribution is 2.16. The molecule has 3 aromatic rings. The number of anilines is 2. The standard InChI is InChI=1S/C22H17ClN4O2/c23-20-10-2-1-6-17(20)14-25-22(29)27-19-9-4-7-16(12-19)21(28)26-18-8-3-5-15(11-18)13-24/h1-12H,14H2,(H,26,28)(H2,25,27,29). The zero-order valence-electron chi connectivity index (χ0n) is 15.3. The van der Waals surface area contributed by atoms with Crippen molar-refractivity contribution in [2.75, 3.05) is 10.6 Å². The number of urea groups is 1. The van der Waals surface area contributed by atoms with E-state index in [1.54, 1.807) is 54.6 Å². The van der Waals surface area contributed by atoms with Crippen molar-refractivity contribution in [3.63, 3.8) is 0 Å². The second-order valence-corrected chi connectivity index (χ2v) is 6.53. The van der Waals surface area contributed by atoms with Crippen molar-refractivity contribution in [1.82, 2.24) is 5.32 Å². The molecule has 0 unspecified atom stereocenters. The number of rotatable bonds is 5. The van der Waals surface area contributed by atoms with Crippen molar-refractivity contribution < 1.29 is 9.59 Å². The number of amides is 3. The molecule has 0 aliphatic heterocycles. The summed E-state index contributed by atoms with van der Waals surface area (Å²) >= 11 is 6.08. The molecule has 0 aliphatic carbocycles. The van der Waals surface area contributed by atoms with Crippen LogP contribution in [0.2, 0.25) is 5.02 Å². The molecular formula is C22H17ClN4O2. The maximum atomic E-state index is 12.5. The van der Waals surface area contributed by atoms with Gasteiger partial charge in [0.05, 0.1) is 11.6 Å². The fourth-order valence-electron chi connectivity index (χ4n) is 2.60. The monoisotopic (exact) mass is 404 g/mol. The van der Waals surface area contributed by atoms with Gasteiger partial charge in [0.15, 0.2) is 0 Å². The summed E-state index contributed by atoms with van der Waals surface area (Å²) in [7, 11) is 0. The van der Waals surface area contributed by atoms with Gasteiger partial charge in [-0.15, -0.1) is 0 Å².